The van der Waals surface area contributed by atoms with Crippen LogP contribution in [0.3, 0.4) is 0 Å². The van der Waals surface area contributed by atoms with Crippen molar-refractivity contribution in [2.45, 2.75) is 57.2 Å². The van der Waals surface area contributed by atoms with Crippen LogP contribution in [0.5, 0.6) is 5.75 Å². The molecule has 0 aromatic heterocycles. The molecule has 1 atom stereocenters. The average Bonchev–Trinajstić information content (AvgIpc) is 2.99. The standard InChI is InChI=1S/C32H37Cl2N3O5S/c1-42-30-18-17-26(34)20-28(30)37(43(2,40)41)22-31(38)36(21-24-13-15-25(33)16-14-24)29(19-23-9-5-3-6-10-23)32(39)35-27-11-7-4-8-12-27/h3,5-6,9-10,13-18,20,27,29H,4,7-8,11-12,19,21-22H2,1-2H3,(H,35,39)/t29-/m1/s1. The third-order valence-electron chi connectivity index (χ3n) is 7.58. The van der Waals surface area contributed by atoms with Gasteiger partial charge in [0.15, 0.2) is 0 Å². The number of benzene rings is 3. The van der Waals surface area contributed by atoms with Gasteiger partial charge in [-0.2, -0.15) is 0 Å². The van der Waals surface area contributed by atoms with Crippen molar-refractivity contribution in [2.75, 3.05) is 24.2 Å². The van der Waals surface area contributed by atoms with Crippen molar-refractivity contribution in [3.8, 4) is 5.75 Å². The minimum Gasteiger partial charge on any atom is -0.495 e. The van der Waals surface area contributed by atoms with Crippen molar-refractivity contribution in [3.63, 3.8) is 0 Å². The summed E-state index contributed by atoms with van der Waals surface area (Å²) in [5.74, 6) is -0.589. The molecule has 3 aromatic rings. The van der Waals surface area contributed by atoms with E-state index in [1.807, 2.05) is 30.3 Å². The third-order valence-corrected chi connectivity index (χ3v) is 9.19. The minimum atomic E-state index is -3.97. The number of carbonyl (C=O) groups is 2. The molecule has 0 unspecified atom stereocenters. The Labute approximate surface area is 264 Å². The molecular formula is C32H37Cl2N3O5S. The van der Waals surface area contributed by atoms with Crippen LogP contribution >= 0.6 is 23.2 Å². The van der Waals surface area contributed by atoms with E-state index < -0.39 is 28.5 Å². The maximum absolute atomic E-state index is 14.3. The fraction of sp³-hybridized carbons (Fsp3) is 0.375. The lowest BCUT2D eigenvalue weighted by Gasteiger charge is -2.35. The fourth-order valence-electron chi connectivity index (χ4n) is 5.34. The molecule has 1 fully saturated rings. The number of ether oxygens (including phenoxy) is 1. The number of halogens is 2. The second-order valence-electron chi connectivity index (χ2n) is 10.8. The smallest absolute Gasteiger partial charge is 0.244 e. The van der Waals surface area contributed by atoms with Gasteiger partial charge in [-0.15, -0.1) is 0 Å². The van der Waals surface area contributed by atoms with Gasteiger partial charge >= 0.3 is 0 Å². The summed E-state index contributed by atoms with van der Waals surface area (Å²) in [4.78, 5) is 29.8. The van der Waals surface area contributed by atoms with Crippen LogP contribution in [-0.2, 0) is 32.6 Å². The second-order valence-corrected chi connectivity index (χ2v) is 13.6. The van der Waals surface area contributed by atoms with Crippen molar-refractivity contribution in [1.29, 1.82) is 0 Å². The number of amides is 2. The van der Waals surface area contributed by atoms with E-state index in [1.54, 1.807) is 36.4 Å². The SMILES string of the molecule is COc1ccc(Cl)cc1N(CC(=O)N(Cc1ccc(Cl)cc1)[C@H](Cc1ccccc1)C(=O)NC1CCCCC1)S(C)(=O)=O. The van der Waals surface area contributed by atoms with Crippen molar-refractivity contribution >= 4 is 50.7 Å². The van der Waals surface area contributed by atoms with Crippen molar-refractivity contribution in [3.05, 3.63) is 94.0 Å². The quantitative estimate of drug-likeness (QED) is 0.266. The van der Waals surface area contributed by atoms with E-state index >= 15 is 0 Å². The molecule has 8 nitrogen and oxygen atoms in total. The van der Waals surface area contributed by atoms with E-state index in [2.05, 4.69) is 5.32 Å². The molecule has 0 aliphatic heterocycles. The van der Waals surface area contributed by atoms with Crippen molar-refractivity contribution in [2.24, 2.45) is 0 Å². The summed E-state index contributed by atoms with van der Waals surface area (Å²) in [6.07, 6.45) is 6.23. The van der Waals surface area contributed by atoms with Gasteiger partial charge in [-0.1, -0.05) is 84.9 Å². The summed E-state index contributed by atoms with van der Waals surface area (Å²) in [6.45, 7) is -0.499. The molecule has 0 heterocycles. The molecule has 11 heteroatoms. The van der Waals surface area contributed by atoms with Gasteiger partial charge in [0.25, 0.3) is 0 Å². The fourth-order valence-corrected chi connectivity index (χ4v) is 6.47. The first-order valence-electron chi connectivity index (χ1n) is 14.2. The Morgan fingerprint density at radius 1 is 0.930 bits per heavy atom. The second kappa shape index (κ2) is 14.9. The Balaban J connectivity index is 1.75. The number of nitrogens with zero attached hydrogens (tertiary/aromatic N) is 2. The first kappa shape index (κ1) is 32.6. The number of carbonyl (C=O) groups excluding carboxylic acids is 2. The largest absolute Gasteiger partial charge is 0.495 e. The molecule has 1 saturated carbocycles. The predicted octanol–water partition coefficient (Wildman–Crippen LogP) is 5.86. The van der Waals surface area contributed by atoms with Gasteiger partial charge in [0.2, 0.25) is 21.8 Å². The van der Waals surface area contributed by atoms with E-state index in [-0.39, 0.29) is 41.4 Å². The van der Waals surface area contributed by atoms with Crippen LogP contribution in [0.25, 0.3) is 0 Å². The van der Waals surface area contributed by atoms with Gasteiger partial charge in [-0.25, -0.2) is 8.42 Å². The van der Waals surface area contributed by atoms with Crippen molar-refractivity contribution < 1.29 is 22.7 Å². The lowest BCUT2D eigenvalue weighted by Crippen LogP contribution is -2.55. The average molecular weight is 647 g/mol. The van der Waals surface area contributed by atoms with Crippen LogP contribution in [0.1, 0.15) is 43.2 Å². The Kier molecular flexibility index (Phi) is 11.3. The Bertz CT molecular complexity index is 1500. The van der Waals surface area contributed by atoms with Gasteiger partial charge in [0.05, 0.1) is 19.1 Å². The zero-order valence-electron chi connectivity index (χ0n) is 24.3. The summed E-state index contributed by atoms with van der Waals surface area (Å²) in [6, 6.07) is 20.1. The highest BCUT2D eigenvalue weighted by Gasteiger charge is 2.34. The lowest BCUT2D eigenvalue weighted by molar-refractivity contribution is -0.140. The normalized spacial score (nSPS) is 14.5. The highest BCUT2D eigenvalue weighted by atomic mass is 35.5. The maximum atomic E-state index is 14.3. The molecular weight excluding hydrogens is 609 g/mol. The van der Waals surface area contributed by atoms with Gasteiger partial charge in [0.1, 0.15) is 18.3 Å². The third kappa shape index (κ3) is 9.11. The number of nitrogens with one attached hydrogen (secondary N) is 1. The molecule has 3 aromatic carbocycles. The first-order chi connectivity index (χ1) is 20.5. The van der Waals surface area contributed by atoms with Gasteiger partial charge < -0.3 is 15.0 Å². The summed E-state index contributed by atoms with van der Waals surface area (Å²) in [7, 11) is -2.56. The van der Waals surface area contributed by atoms with E-state index in [0.717, 1.165) is 53.8 Å². The monoisotopic (exact) mass is 645 g/mol. The molecule has 2 amide bonds. The number of sulfonamides is 1. The molecule has 0 saturated heterocycles. The minimum absolute atomic E-state index is 0.0234. The highest BCUT2D eigenvalue weighted by Crippen LogP contribution is 2.33. The molecule has 0 bridgehead atoms. The number of methoxy groups -OCH3 is 1. The van der Waals surface area contributed by atoms with E-state index in [1.165, 1.54) is 18.1 Å². The molecule has 4 rings (SSSR count). The Hall–Kier alpha value is -3.27. The van der Waals surface area contributed by atoms with Crippen LogP contribution in [0.15, 0.2) is 72.8 Å². The summed E-state index contributed by atoms with van der Waals surface area (Å²) in [5, 5.41) is 4.00. The number of anilines is 1. The maximum Gasteiger partial charge on any atom is 0.244 e. The molecule has 43 heavy (non-hydrogen) atoms. The van der Waals surface area contributed by atoms with E-state index in [9.17, 15) is 18.0 Å². The number of hydrogen-bond donors (Lipinski definition) is 1. The molecule has 1 aliphatic rings. The summed E-state index contributed by atoms with van der Waals surface area (Å²) >= 11 is 12.4. The molecule has 0 radical (unpaired) electrons. The zero-order chi connectivity index (χ0) is 31.0. The van der Waals surface area contributed by atoms with Crippen LogP contribution in [0.2, 0.25) is 10.0 Å². The topological polar surface area (TPSA) is 96.0 Å². The number of rotatable bonds is 12. The lowest BCUT2D eigenvalue weighted by atomic mass is 9.94. The van der Waals surface area contributed by atoms with Gasteiger partial charge in [-0.3, -0.25) is 13.9 Å². The Morgan fingerprint density at radius 3 is 2.21 bits per heavy atom. The van der Waals surface area contributed by atoms with Crippen LogP contribution in [-0.4, -0.2) is 57.1 Å². The summed E-state index contributed by atoms with van der Waals surface area (Å²) < 4.78 is 32.5. The number of hydrogen-bond acceptors (Lipinski definition) is 5. The Morgan fingerprint density at radius 2 is 1.58 bits per heavy atom. The van der Waals surface area contributed by atoms with E-state index in [4.69, 9.17) is 27.9 Å². The summed E-state index contributed by atoms with van der Waals surface area (Å²) in [5.41, 5.74) is 1.74. The van der Waals surface area contributed by atoms with Crippen molar-refractivity contribution in [1.82, 2.24) is 10.2 Å². The van der Waals surface area contributed by atoms with Crippen LogP contribution in [0.4, 0.5) is 5.69 Å². The first-order valence-corrected chi connectivity index (χ1v) is 16.8. The predicted molar refractivity (Wildman–Crippen MR) is 171 cm³/mol. The molecule has 1 aliphatic carbocycles. The molecule has 1 N–H and O–H groups in total. The molecule has 230 valence electrons. The van der Waals surface area contributed by atoms with Gasteiger partial charge in [0, 0.05) is 29.1 Å². The van der Waals surface area contributed by atoms with Crippen LogP contribution in [0, 0.1) is 0 Å². The van der Waals surface area contributed by atoms with Crippen LogP contribution < -0.4 is 14.4 Å². The van der Waals surface area contributed by atoms with E-state index in [0.29, 0.717) is 5.02 Å². The zero-order valence-corrected chi connectivity index (χ0v) is 26.7. The van der Waals surface area contributed by atoms with Gasteiger partial charge in [-0.05, 0) is 54.3 Å². The highest BCUT2D eigenvalue weighted by molar-refractivity contribution is 7.92. The molecule has 0 spiro atoms.